The van der Waals surface area contributed by atoms with Crippen LogP contribution in [0.4, 0.5) is 15.8 Å². The van der Waals surface area contributed by atoms with Crippen molar-refractivity contribution in [2.45, 2.75) is 25.2 Å². The maximum absolute atomic E-state index is 14.7. The second-order valence-corrected chi connectivity index (χ2v) is 7.10. The van der Waals surface area contributed by atoms with Crippen molar-refractivity contribution in [3.63, 3.8) is 0 Å². The van der Waals surface area contributed by atoms with Gasteiger partial charge in [-0.15, -0.1) is 0 Å². The van der Waals surface area contributed by atoms with E-state index < -0.39 is 0 Å². The van der Waals surface area contributed by atoms with Gasteiger partial charge in [-0.05, 0) is 37.1 Å². The zero-order chi connectivity index (χ0) is 18.7. The quantitative estimate of drug-likeness (QED) is 0.580. The van der Waals surface area contributed by atoms with Crippen molar-refractivity contribution >= 4 is 23.3 Å². The van der Waals surface area contributed by atoms with Gasteiger partial charge in [0, 0.05) is 40.7 Å². The number of benzene rings is 2. The Bertz CT molecular complexity index is 851. The molecule has 2 aromatic carbocycles. The van der Waals surface area contributed by atoms with Crippen LogP contribution in [0, 0.1) is 5.82 Å². The number of rotatable bonds is 4. The van der Waals surface area contributed by atoms with Crippen LogP contribution in [0.3, 0.4) is 0 Å². The van der Waals surface area contributed by atoms with Crippen molar-refractivity contribution in [3.05, 3.63) is 65.5 Å². The van der Waals surface area contributed by atoms with Crippen molar-refractivity contribution in [3.8, 4) is 0 Å². The van der Waals surface area contributed by atoms with E-state index in [1.807, 2.05) is 30.3 Å². The van der Waals surface area contributed by atoms with Gasteiger partial charge >= 0.3 is 0 Å². The molecule has 3 rings (SSSR count). The second kappa shape index (κ2) is 7.30. The maximum Gasteiger partial charge on any atom is 0.129 e. The van der Waals surface area contributed by atoms with Crippen molar-refractivity contribution in [2.75, 3.05) is 18.8 Å². The molecule has 0 amide bonds. The van der Waals surface area contributed by atoms with Crippen molar-refractivity contribution in [1.29, 1.82) is 0 Å². The molecule has 136 valence electrons. The largest absolute Gasteiger partial charge is 0.399 e. The first-order chi connectivity index (χ1) is 12.4. The first-order valence-corrected chi connectivity index (χ1v) is 8.79. The lowest BCUT2D eigenvalue weighted by molar-refractivity contribution is 0.329. The molecular weight excluding hydrogens is 327 g/mol. The van der Waals surface area contributed by atoms with E-state index in [1.54, 1.807) is 6.21 Å². The Morgan fingerprint density at radius 1 is 1.35 bits per heavy atom. The molecule has 1 aliphatic heterocycles. The standard InChI is InChI=1S/C21H25FN4/c1-14(23)17-6-3-5-15(20(17)24)12-26-16-7-8-18(19(22)11-16)21(2)9-4-10-25-13-21/h3,5-8,11-12,25H,1,4,9-10,13,23-24H2,2H3. The summed E-state index contributed by atoms with van der Waals surface area (Å²) in [5.74, 6) is -0.220. The van der Waals surface area contributed by atoms with Gasteiger partial charge < -0.3 is 16.8 Å². The van der Waals surface area contributed by atoms with Gasteiger partial charge in [0.15, 0.2) is 0 Å². The number of para-hydroxylation sites is 1. The highest BCUT2D eigenvalue weighted by Gasteiger charge is 2.31. The summed E-state index contributed by atoms with van der Waals surface area (Å²) in [6, 6.07) is 10.7. The third-order valence-electron chi connectivity index (χ3n) is 5.04. The minimum absolute atomic E-state index is 0.176. The fraction of sp³-hybridized carbons (Fsp3) is 0.286. The highest BCUT2D eigenvalue weighted by atomic mass is 19.1. The molecule has 5 heteroatoms. The SMILES string of the molecule is C=C(N)c1cccc(C=Nc2ccc(C3(C)CCCNC3)c(F)c2)c1N. The van der Waals surface area contributed by atoms with Crippen LogP contribution in [0.5, 0.6) is 0 Å². The molecule has 4 nitrogen and oxygen atoms in total. The number of halogens is 1. The lowest BCUT2D eigenvalue weighted by Gasteiger charge is -2.34. The number of aliphatic imine (C=N–C) groups is 1. The molecule has 1 saturated heterocycles. The zero-order valence-electron chi connectivity index (χ0n) is 15.1. The molecule has 5 N–H and O–H groups in total. The van der Waals surface area contributed by atoms with Crippen LogP contribution in [-0.4, -0.2) is 19.3 Å². The van der Waals surface area contributed by atoms with Gasteiger partial charge in [-0.25, -0.2) is 4.39 Å². The van der Waals surface area contributed by atoms with Gasteiger partial charge in [0.25, 0.3) is 0 Å². The minimum atomic E-state index is -0.220. The molecule has 0 bridgehead atoms. The Morgan fingerprint density at radius 2 is 2.15 bits per heavy atom. The van der Waals surface area contributed by atoms with E-state index in [1.165, 1.54) is 6.07 Å². The molecule has 26 heavy (non-hydrogen) atoms. The Morgan fingerprint density at radius 3 is 2.81 bits per heavy atom. The van der Waals surface area contributed by atoms with Crippen LogP contribution < -0.4 is 16.8 Å². The minimum Gasteiger partial charge on any atom is -0.399 e. The zero-order valence-corrected chi connectivity index (χ0v) is 15.1. The predicted octanol–water partition coefficient (Wildman–Crippen LogP) is 3.73. The number of nitrogens with zero attached hydrogens (tertiary/aromatic N) is 1. The topological polar surface area (TPSA) is 76.4 Å². The Balaban J connectivity index is 1.85. The van der Waals surface area contributed by atoms with E-state index in [0.29, 0.717) is 22.6 Å². The number of nitrogens with one attached hydrogen (secondary N) is 1. The number of nitrogen functional groups attached to an aromatic ring is 1. The highest BCUT2D eigenvalue weighted by Crippen LogP contribution is 2.34. The van der Waals surface area contributed by atoms with Crippen molar-refractivity contribution in [1.82, 2.24) is 5.32 Å². The van der Waals surface area contributed by atoms with E-state index in [0.717, 1.165) is 37.1 Å². The van der Waals surface area contributed by atoms with Crippen molar-refractivity contribution in [2.24, 2.45) is 10.7 Å². The second-order valence-electron chi connectivity index (χ2n) is 7.10. The fourth-order valence-corrected chi connectivity index (χ4v) is 3.48. The molecule has 1 heterocycles. The van der Waals surface area contributed by atoms with Gasteiger partial charge in [0.1, 0.15) is 5.82 Å². The predicted molar refractivity (Wildman–Crippen MR) is 107 cm³/mol. The normalized spacial score (nSPS) is 20.4. The number of nitrogens with two attached hydrogens (primary N) is 2. The molecule has 0 saturated carbocycles. The molecule has 0 spiro atoms. The molecule has 2 aromatic rings. The molecular formula is C21H25FN4. The lowest BCUT2D eigenvalue weighted by Crippen LogP contribution is -2.41. The monoisotopic (exact) mass is 352 g/mol. The summed E-state index contributed by atoms with van der Waals surface area (Å²) in [5, 5.41) is 3.36. The lowest BCUT2D eigenvalue weighted by atomic mass is 9.76. The average Bonchev–Trinajstić information content (AvgIpc) is 2.61. The Kier molecular flexibility index (Phi) is 5.09. The number of hydrogen-bond acceptors (Lipinski definition) is 4. The summed E-state index contributed by atoms with van der Waals surface area (Å²) in [6.07, 6.45) is 3.66. The van der Waals surface area contributed by atoms with Gasteiger partial charge in [0.05, 0.1) is 5.69 Å². The van der Waals surface area contributed by atoms with E-state index in [2.05, 4.69) is 23.8 Å². The molecule has 1 aliphatic rings. The summed E-state index contributed by atoms with van der Waals surface area (Å²) >= 11 is 0. The highest BCUT2D eigenvalue weighted by molar-refractivity contribution is 5.92. The third-order valence-corrected chi connectivity index (χ3v) is 5.04. The summed E-state index contributed by atoms with van der Waals surface area (Å²) < 4.78 is 14.7. The summed E-state index contributed by atoms with van der Waals surface area (Å²) in [4.78, 5) is 4.38. The van der Waals surface area contributed by atoms with Crippen LogP contribution in [0.15, 0.2) is 48.0 Å². The molecule has 0 aromatic heterocycles. The summed E-state index contributed by atoms with van der Waals surface area (Å²) in [7, 11) is 0. The van der Waals surface area contributed by atoms with Gasteiger partial charge in [-0.3, -0.25) is 4.99 Å². The molecule has 0 radical (unpaired) electrons. The molecule has 1 unspecified atom stereocenters. The summed E-state index contributed by atoms with van der Waals surface area (Å²) in [5.41, 5.74) is 15.3. The first kappa shape index (κ1) is 18.1. The number of hydrogen-bond donors (Lipinski definition) is 3. The molecule has 1 fully saturated rings. The van der Waals surface area contributed by atoms with Gasteiger partial charge in [-0.1, -0.05) is 37.8 Å². The van der Waals surface area contributed by atoms with Crippen molar-refractivity contribution < 1.29 is 4.39 Å². The van der Waals surface area contributed by atoms with E-state index in [4.69, 9.17) is 11.5 Å². The smallest absolute Gasteiger partial charge is 0.129 e. The molecule has 1 atom stereocenters. The van der Waals surface area contributed by atoms with Crippen LogP contribution >= 0.6 is 0 Å². The van der Waals surface area contributed by atoms with Crippen LogP contribution in [0.25, 0.3) is 5.70 Å². The third kappa shape index (κ3) is 3.63. The number of anilines is 1. The number of piperidine rings is 1. The van der Waals surface area contributed by atoms with Crippen LogP contribution in [-0.2, 0) is 5.41 Å². The first-order valence-electron chi connectivity index (χ1n) is 8.79. The van der Waals surface area contributed by atoms with Gasteiger partial charge in [0.2, 0.25) is 0 Å². The Hall–Kier alpha value is -2.66. The van der Waals surface area contributed by atoms with Crippen LogP contribution in [0.1, 0.15) is 36.5 Å². The average molecular weight is 352 g/mol. The summed E-state index contributed by atoms with van der Waals surface area (Å²) in [6.45, 7) is 7.61. The van der Waals surface area contributed by atoms with E-state index in [9.17, 15) is 4.39 Å². The van der Waals surface area contributed by atoms with E-state index >= 15 is 0 Å². The van der Waals surface area contributed by atoms with Gasteiger partial charge in [-0.2, -0.15) is 0 Å². The van der Waals surface area contributed by atoms with Crippen LogP contribution in [0.2, 0.25) is 0 Å². The van der Waals surface area contributed by atoms with E-state index in [-0.39, 0.29) is 11.2 Å². The maximum atomic E-state index is 14.7. The fourth-order valence-electron chi connectivity index (χ4n) is 3.48. The molecule has 0 aliphatic carbocycles. The Labute approximate surface area is 153 Å².